The van der Waals surface area contributed by atoms with Gasteiger partial charge in [0.25, 0.3) is 0 Å². The van der Waals surface area contributed by atoms with Crippen LogP contribution in [0.1, 0.15) is 18.9 Å². The van der Waals surface area contributed by atoms with Crippen LogP contribution in [0.15, 0.2) is 18.2 Å². The molecule has 0 radical (unpaired) electrons. The third-order valence-electron chi connectivity index (χ3n) is 2.10. The van der Waals surface area contributed by atoms with Gasteiger partial charge >= 0.3 is 0 Å². The van der Waals surface area contributed by atoms with E-state index in [9.17, 15) is 13.6 Å². The number of halogens is 2. The summed E-state index contributed by atoms with van der Waals surface area (Å²) in [5.41, 5.74) is 0.720. The zero-order chi connectivity index (χ0) is 10.6. The fourth-order valence-corrected chi connectivity index (χ4v) is 1.16. The summed E-state index contributed by atoms with van der Waals surface area (Å²) in [5.74, 6) is -1.71. The average Bonchev–Trinajstić information content (AvgIpc) is 2.19. The summed E-state index contributed by atoms with van der Waals surface area (Å²) in [6, 6.07) is 3.82. The molecule has 0 heterocycles. The molecule has 0 aliphatic carbocycles. The molecule has 0 amide bonds. The Bertz CT molecular complexity index is 323. The van der Waals surface area contributed by atoms with Crippen LogP contribution in [0.25, 0.3) is 0 Å². The molecule has 0 aliphatic rings. The van der Waals surface area contributed by atoms with Gasteiger partial charge in [0.15, 0.2) is 11.6 Å². The highest BCUT2D eigenvalue weighted by Gasteiger charge is 2.04. The number of hydrogen-bond donors (Lipinski definition) is 0. The largest absolute Gasteiger partial charge is 0.303 e. The van der Waals surface area contributed by atoms with Crippen LogP contribution in [0.5, 0.6) is 0 Å². The molecule has 0 fully saturated rings. The lowest BCUT2D eigenvalue weighted by atomic mass is 10.0. The maximum absolute atomic E-state index is 12.7. The lowest BCUT2D eigenvalue weighted by Crippen LogP contribution is -1.98. The zero-order valence-electron chi connectivity index (χ0n) is 7.97. The van der Waals surface area contributed by atoms with E-state index in [1.165, 1.54) is 12.1 Å². The van der Waals surface area contributed by atoms with E-state index in [0.717, 1.165) is 17.9 Å². The van der Waals surface area contributed by atoms with Gasteiger partial charge in [0.2, 0.25) is 0 Å². The fourth-order valence-electron chi connectivity index (χ4n) is 1.16. The predicted octanol–water partition coefficient (Wildman–Crippen LogP) is 2.73. The molecular weight excluding hydrogens is 186 g/mol. The van der Waals surface area contributed by atoms with E-state index in [1.807, 2.05) is 0 Å². The van der Waals surface area contributed by atoms with Crippen LogP contribution in [-0.2, 0) is 11.2 Å². The van der Waals surface area contributed by atoms with Crippen LogP contribution < -0.4 is 0 Å². The third-order valence-corrected chi connectivity index (χ3v) is 2.10. The monoisotopic (exact) mass is 198 g/mol. The predicted molar refractivity (Wildman–Crippen MR) is 49.9 cm³/mol. The molecule has 3 heteroatoms. The van der Waals surface area contributed by atoms with Crippen molar-refractivity contribution in [3.63, 3.8) is 0 Å². The number of hydrogen-bond acceptors (Lipinski definition) is 1. The first kappa shape index (κ1) is 10.8. The number of carbonyl (C=O) groups excluding carboxylic acids is 1. The standard InChI is InChI=1S/C11H12F2O/c1-8(7-14)2-3-9-4-5-10(12)11(13)6-9/h4-8H,2-3H2,1H3. The SMILES string of the molecule is CC(C=O)CCc1ccc(F)c(F)c1. The first-order valence-electron chi connectivity index (χ1n) is 4.52. The van der Waals surface area contributed by atoms with Gasteiger partial charge < -0.3 is 4.79 Å². The quantitative estimate of drug-likeness (QED) is 0.680. The minimum atomic E-state index is -0.836. The zero-order valence-corrected chi connectivity index (χ0v) is 7.97. The molecule has 1 atom stereocenters. The van der Waals surface area contributed by atoms with E-state index < -0.39 is 11.6 Å². The normalized spacial score (nSPS) is 12.5. The first-order valence-corrected chi connectivity index (χ1v) is 4.52. The summed E-state index contributed by atoms with van der Waals surface area (Å²) in [4.78, 5) is 10.3. The van der Waals surface area contributed by atoms with Gasteiger partial charge in [-0.3, -0.25) is 0 Å². The van der Waals surface area contributed by atoms with Crippen LogP contribution in [0, 0.1) is 17.6 Å². The number of carbonyl (C=O) groups is 1. The Hall–Kier alpha value is -1.25. The Morgan fingerprint density at radius 1 is 1.36 bits per heavy atom. The molecule has 76 valence electrons. The van der Waals surface area contributed by atoms with Crippen molar-refractivity contribution in [3.05, 3.63) is 35.4 Å². The number of aryl methyl sites for hydroxylation is 1. The van der Waals surface area contributed by atoms with Crippen LogP contribution in [0.4, 0.5) is 8.78 Å². The highest BCUT2D eigenvalue weighted by Crippen LogP contribution is 2.12. The minimum absolute atomic E-state index is 0.0388. The van der Waals surface area contributed by atoms with Crippen LogP contribution >= 0.6 is 0 Å². The smallest absolute Gasteiger partial charge is 0.159 e. The summed E-state index contributed by atoms with van der Waals surface area (Å²) in [6.07, 6.45) is 2.12. The van der Waals surface area contributed by atoms with Gasteiger partial charge in [0.05, 0.1) is 0 Å². The van der Waals surface area contributed by atoms with Crippen molar-refractivity contribution >= 4 is 6.29 Å². The van der Waals surface area contributed by atoms with Gasteiger partial charge in [-0.25, -0.2) is 8.78 Å². The Kier molecular flexibility index (Phi) is 3.74. The molecule has 0 bridgehead atoms. The van der Waals surface area contributed by atoms with E-state index in [1.54, 1.807) is 6.92 Å². The van der Waals surface area contributed by atoms with Crippen LogP contribution in [0.2, 0.25) is 0 Å². The highest BCUT2D eigenvalue weighted by molar-refractivity contribution is 5.52. The summed E-state index contributed by atoms with van der Waals surface area (Å²) in [7, 11) is 0. The second-order valence-electron chi connectivity index (χ2n) is 3.40. The molecule has 0 aliphatic heterocycles. The number of aldehydes is 1. The van der Waals surface area contributed by atoms with Gasteiger partial charge in [-0.15, -0.1) is 0 Å². The molecule has 14 heavy (non-hydrogen) atoms. The topological polar surface area (TPSA) is 17.1 Å². The van der Waals surface area contributed by atoms with Crippen LogP contribution in [-0.4, -0.2) is 6.29 Å². The lowest BCUT2D eigenvalue weighted by molar-refractivity contribution is -0.110. The van der Waals surface area contributed by atoms with Gasteiger partial charge in [0.1, 0.15) is 6.29 Å². The maximum atomic E-state index is 12.7. The van der Waals surface area contributed by atoms with E-state index in [4.69, 9.17) is 0 Å². The van der Waals surface area contributed by atoms with E-state index >= 15 is 0 Å². The minimum Gasteiger partial charge on any atom is -0.303 e. The van der Waals surface area contributed by atoms with Crippen molar-refractivity contribution in [2.24, 2.45) is 5.92 Å². The third kappa shape index (κ3) is 2.91. The molecule has 1 aromatic carbocycles. The van der Waals surface area contributed by atoms with E-state index in [0.29, 0.717) is 12.8 Å². The van der Waals surface area contributed by atoms with Crippen molar-refractivity contribution in [2.75, 3.05) is 0 Å². The molecule has 1 aromatic rings. The van der Waals surface area contributed by atoms with Crippen molar-refractivity contribution in [3.8, 4) is 0 Å². The fraction of sp³-hybridized carbons (Fsp3) is 0.364. The number of rotatable bonds is 4. The van der Waals surface area contributed by atoms with Gasteiger partial charge in [-0.1, -0.05) is 13.0 Å². The molecule has 0 saturated carbocycles. The van der Waals surface area contributed by atoms with Crippen molar-refractivity contribution < 1.29 is 13.6 Å². The van der Waals surface area contributed by atoms with Crippen molar-refractivity contribution in [2.45, 2.75) is 19.8 Å². The second-order valence-corrected chi connectivity index (χ2v) is 3.40. The molecule has 0 N–H and O–H groups in total. The molecule has 0 aromatic heterocycles. The summed E-state index contributed by atoms with van der Waals surface area (Å²) in [6.45, 7) is 1.80. The first-order chi connectivity index (χ1) is 6.63. The summed E-state index contributed by atoms with van der Waals surface area (Å²) in [5, 5.41) is 0. The average molecular weight is 198 g/mol. The van der Waals surface area contributed by atoms with E-state index in [2.05, 4.69) is 0 Å². The molecular formula is C11H12F2O. The van der Waals surface area contributed by atoms with Crippen molar-refractivity contribution in [1.29, 1.82) is 0 Å². The van der Waals surface area contributed by atoms with Gasteiger partial charge in [-0.05, 0) is 30.5 Å². The van der Waals surface area contributed by atoms with Gasteiger partial charge in [0, 0.05) is 5.92 Å². The molecule has 0 spiro atoms. The van der Waals surface area contributed by atoms with E-state index in [-0.39, 0.29) is 5.92 Å². The number of benzene rings is 1. The molecule has 1 nitrogen and oxygen atoms in total. The summed E-state index contributed by atoms with van der Waals surface area (Å²) < 4.78 is 25.3. The lowest BCUT2D eigenvalue weighted by Gasteiger charge is -2.03. The Morgan fingerprint density at radius 2 is 2.07 bits per heavy atom. The molecule has 1 unspecified atom stereocenters. The Balaban J connectivity index is 2.59. The maximum Gasteiger partial charge on any atom is 0.159 e. The van der Waals surface area contributed by atoms with Gasteiger partial charge in [-0.2, -0.15) is 0 Å². The Morgan fingerprint density at radius 3 is 2.64 bits per heavy atom. The summed E-state index contributed by atoms with van der Waals surface area (Å²) >= 11 is 0. The Labute approximate surface area is 81.7 Å². The molecule has 1 rings (SSSR count). The van der Waals surface area contributed by atoms with Crippen molar-refractivity contribution in [1.82, 2.24) is 0 Å². The second kappa shape index (κ2) is 4.84. The van der Waals surface area contributed by atoms with Crippen LogP contribution in [0.3, 0.4) is 0 Å². The molecule has 0 saturated heterocycles. The highest BCUT2D eigenvalue weighted by atomic mass is 19.2.